The lowest BCUT2D eigenvalue weighted by atomic mass is 9.83. The Kier molecular flexibility index (Phi) is 1.93. The number of allylic oxidation sites excluding steroid dienone is 1. The van der Waals surface area contributed by atoms with E-state index in [1.54, 1.807) is 0 Å². The molecule has 2 nitrogen and oxygen atoms in total. The van der Waals surface area contributed by atoms with Gasteiger partial charge in [0, 0.05) is 16.6 Å². The summed E-state index contributed by atoms with van der Waals surface area (Å²) in [6, 6.07) is 4.18. The number of nitrogens with zero attached hydrogens (tertiary/aromatic N) is 1. The Bertz CT molecular complexity index is 580. The third-order valence-corrected chi connectivity index (χ3v) is 3.56. The van der Waals surface area contributed by atoms with Gasteiger partial charge in [-0.1, -0.05) is 19.9 Å². The van der Waals surface area contributed by atoms with Crippen molar-refractivity contribution < 1.29 is 4.42 Å². The monoisotopic (exact) mass is 213 g/mol. The quantitative estimate of drug-likeness (QED) is 0.663. The summed E-state index contributed by atoms with van der Waals surface area (Å²) in [5, 5.41) is 1.17. The fourth-order valence-corrected chi connectivity index (χ4v) is 2.37. The van der Waals surface area contributed by atoms with Gasteiger partial charge in [0.15, 0.2) is 0 Å². The van der Waals surface area contributed by atoms with Crippen LogP contribution in [0.2, 0.25) is 0 Å². The topological polar surface area (TPSA) is 26.0 Å². The minimum Gasteiger partial charge on any atom is -0.438 e. The van der Waals surface area contributed by atoms with Crippen LogP contribution in [0, 0.1) is 12.8 Å². The second kappa shape index (κ2) is 3.21. The molecule has 1 aliphatic carbocycles. The van der Waals surface area contributed by atoms with E-state index in [0.717, 1.165) is 17.2 Å². The average molecular weight is 213 g/mol. The summed E-state index contributed by atoms with van der Waals surface area (Å²) in [4.78, 5) is 4.44. The fraction of sp³-hybridized carbons (Fsp3) is 0.357. The van der Waals surface area contributed by atoms with Crippen molar-refractivity contribution in [2.24, 2.45) is 5.92 Å². The smallest absolute Gasteiger partial charge is 0.227 e. The summed E-state index contributed by atoms with van der Waals surface area (Å²) in [5.74, 6) is 2.05. The molecule has 2 heterocycles. The first kappa shape index (κ1) is 9.64. The number of aromatic nitrogens is 1. The second-order valence-corrected chi connectivity index (χ2v) is 4.69. The lowest BCUT2D eigenvalue weighted by Gasteiger charge is -2.20. The lowest BCUT2D eigenvalue weighted by Crippen LogP contribution is -2.07. The largest absolute Gasteiger partial charge is 0.438 e. The maximum Gasteiger partial charge on any atom is 0.227 e. The highest BCUT2D eigenvalue weighted by molar-refractivity contribution is 5.83. The molecule has 2 aromatic heterocycles. The molecule has 0 N–H and O–H groups in total. The number of fused-ring (bicyclic) bond motifs is 3. The molecule has 0 saturated heterocycles. The Hall–Kier alpha value is -1.57. The van der Waals surface area contributed by atoms with E-state index in [1.165, 1.54) is 10.9 Å². The van der Waals surface area contributed by atoms with Crippen LogP contribution >= 0.6 is 0 Å². The van der Waals surface area contributed by atoms with Crippen molar-refractivity contribution in [3.8, 4) is 0 Å². The molecule has 0 bridgehead atoms. The standard InChI is InChI=1S/C14H15NO/c1-8-4-7-12-13(10(8)3)11-6-5-9(2)15-14(11)16-12/h4-8,10H,1-3H3. The van der Waals surface area contributed by atoms with Crippen molar-refractivity contribution in [2.75, 3.05) is 0 Å². The summed E-state index contributed by atoms with van der Waals surface area (Å²) in [6.45, 7) is 6.48. The first-order valence-corrected chi connectivity index (χ1v) is 5.75. The second-order valence-electron chi connectivity index (χ2n) is 4.69. The van der Waals surface area contributed by atoms with Crippen molar-refractivity contribution in [1.82, 2.24) is 4.98 Å². The van der Waals surface area contributed by atoms with E-state index in [1.807, 2.05) is 13.0 Å². The zero-order valence-corrected chi connectivity index (χ0v) is 9.82. The number of rotatable bonds is 0. The van der Waals surface area contributed by atoms with Crippen LogP contribution in [0.4, 0.5) is 0 Å². The van der Waals surface area contributed by atoms with Crippen LogP contribution in [0.3, 0.4) is 0 Å². The molecule has 2 heteroatoms. The van der Waals surface area contributed by atoms with Gasteiger partial charge in [-0.15, -0.1) is 0 Å². The van der Waals surface area contributed by atoms with Crippen molar-refractivity contribution in [1.29, 1.82) is 0 Å². The summed E-state index contributed by atoms with van der Waals surface area (Å²) in [7, 11) is 0. The Labute approximate surface area is 95.0 Å². The van der Waals surface area contributed by atoms with E-state index in [-0.39, 0.29) is 0 Å². The van der Waals surface area contributed by atoms with Gasteiger partial charge in [-0.05, 0) is 37.0 Å². The molecule has 82 valence electrons. The molecule has 0 aromatic carbocycles. The van der Waals surface area contributed by atoms with E-state index in [0.29, 0.717) is 11.8 Å². The summed E-state index contributed by atoms with van der Waals surface area (Å²) in [5.41, 5.74) is 3.09. The molecular weight excluding hydrogens is 198 g/mol. The maximum absolute atomic E-state index is 5.79. The zero-order chi connectivity index (χ0) is 11.3. The molecule has 0 spiro atoms. The van der Waals surface area contributed by atoms with Crippen LogP contribution in [-0.2, 0) is 0 Å². The van der Waals surface area contributed by atoms with Crippen molar-refractivity contribution in [3.05, 3.63) is 35.2 Å². The molecule has 16 heavy (non-hydrogen) atoms. The molecule has 0 saturated carbocycles. The van der Waals surface area contributed by atoms with E-state index in [9.17, 15) is 0 Å². The van der Waals surface area contributed by atoms with Crippen molar-refractivity contribution in [3.63, 3.8) is 0 Å². The summed E-state index contributed by atoms with van der Waals surface area (Å²) in [6.07, 6.45) is 4.29. The van der Waals surface area contributed by atoms with Gasteiger partial charge in [-0.3, -0.25) is 0 Å². The maximum atomic E-state index is 5.79. The highest BCUT2D eigenvalue weighted by atomic mass is 16.3. The van der Waals surface area contributed by atoms with Gasteiger partial charge >= 0.3 is 0 Å². The molecule has 2 atom stereocenters. The number of hydrogen-bond acceptors (Lipinski definition) is 2. The van der Waals surface area contributed by atoms with Crippen molar-refractivity contribution in [2.45, 2.75) is 26.7 Å². The number of pyridine rings is 1. The molecule has 0 amide bonds. The first-order valence-electron chi connectivity index (χ1n) is 5.75. The zero-order valence-electron chi connectivity index (χ0n) is 9.82. The van der Waals surface area contributed by atoms with Gasteiger partial charge in [0.2, 0.25) is 5.71 Å². The van der Waals surface area contributed by atoms with E-state index in [4.69, 9.17) is 4.42 Å². The molecular formula is C14H15NO. The third-order valence-electron chi connectivity index (χ3n) is 3.56. The molecule has 2 aromatic rings. The van der Waals surface area contributed by atoms with Crippen LogP contribution in [0.25, 0.3) is 17.2 Å². The van der Waals surface area contributed by atoms with E-state index >= 15 is 0 Å². The third kappa shape index (κ3) is 1.22. The van der Waals surface area contributed by atoms with Gasteiger partial charge < -0.3 is 4.42 Å². The number of hydrogen-bond donors (Lipinski definition) is 0. The van der Waals surface area contributed by atoms with Gasteiger partial charge in [0.05, 0.1) is 0 Å². The van der Waals surface area contributed by atoms with E-state index in [2.05, 4.69) is 37.0 Å². The normalized spacial score (nSPS) is 23.7. The van der Waals surface area contributed by atoms with E-state index < -0.39 is 0 Å². The predicted molar refractivity (Wildman–Crippen MR) is 65.4 cm³/mol. The van der Waals surface area contributed by atoms with Crippen molar-refractivity contribution >= 4 is 17.2 Å². The molecule has 0 radical (unpaired) electrons. The minimum absolute atomic E-state index is 0.505. The average Bonchev–Trinajstić information content (AvgIpc) is 2.61. The van der Waals surface area contributed by atoms with Gasteiger partial charge in [-0.25, -0.2) is 4.98 Å². The van der Waals surface area contributed by atoms with Gasteiger partial charge in [0.1, 0.15) is 5.76 Å². The first-order chi connectivity index (χ1) is 7.66. The lowest BCUT2D eigenvalue weighted by molar-refractivity contribution is 0.539. The number of furan rings is 1. The summed E-state index contributed by atoms with van der Waals surface area (Å²) >= 11 is 0. The molecule has 2 unspecified atom stereocenters. The Balaban J connectivity index is 2.33. The minimum atomic E-state index is 0.505. The van der Waals surface area contributed by atoms with Crippen LogP contribution in [0.5, 0.6) is 0 Å². The molecule has 0 fully saturated rings. The number of aryl methyl sites for hydroxylation is 1. The van der Waals surface area contributed by atoms with Crippen LogP contribution < -0.4 is 0 Å². The van der Waals surface area contributed by atoms with Gasteiger partial charge in [-0.2, -0.15) is 0 Å². The molecule has 1 aliphatic rings. The highest BCUT2D eigenvalue weighted by Crippen LogP contribution is 2.39. The highest BCUT2D eigenvalue weighted by Gasteiger charge is 2.25. The Morgan fingerprint density at radius 2 is 2.06 bits per heavy atom. The molecule has 0 aliphatic heterocycles. The predicted octanol–water partition coefficient (Wildman–Crippen LogP) is 3.90. The molecule has 3 rings (SSSR count). The Morgan fingerprint density at radius 3 is 2.88 bits per heavy atom. The fourth-order valence-electron chi connectivity index (χ4n) is 2.37. The SMILES string of the molecule is Cc1ccc2c3c(oc2n1)C=CC(C)C3C. The van der Waals surface area contributed by atoms with Crippen LogP contribution in [-0.4, -0.2) is 4.98 Å². The van der Waals surface area contributed by atoms with Gasteiger partial charge in [0.25, 0.3) is 0 Å². The summed E-state index contributed by atoms with van der Waals surface area (Å²) < 4.78 is 5.79. The Morgan fingerprint density at radius 1 is 1.25 bits per heavy atom. The van der Waals surface area contributed by atoms with Crippen LogP contribution in [0.1, 0.15) is 36.8 Å². The van der Waals surface area contributed by atoms with Crippen LogP contribution in [0.15, 0.2) is 22.6 Å².